The van der Waals surface area contributed by atoms with Crippen molar-refractivity contribution in [2.75, 3.05) is 0 Å². The van der Waals surface area contributed by atoms with Gasteiger partial charge in [-0.05, 0) is 59.7 Å². The number of halogens is 2. The van der Waals surface area contributed by atoms with Crippen LogP contribution in [-0.4, -0.2) is 25.7 Å². The van der Waals surface area contributed by atoms with Crippen LogP contribution in [0.15, 0.2) is 79.3 Å². The topological polar surface area (TPSA) is 86.7 Å². The molecule has 0 aliphatic heterocycles. The van der Waals surface area contributed by atoms with Crippen molar-refractivity contribution in [1.29, 1.82) is 0 Å². The zero-order valence-corrected chi connectivity index (χ0v) is 17.2. The molecule has 3 heterocycles. The van der Waals surface area contributed by atoms with E-state index in [2.05, 4.69) is 10.1 Å². The maximum atomic E-state index is 13.7. The minimum absolute atomic E-state index is 0.156. The van der Waals surface area contributed by atoms with Crippen LogP contribution in [0.2, 0.25) is 0 Å². The highest BCUT2D eigenvalue weighted by Crippen LogP contribution is 2.43. The Kier molecular flexibility index (Phi) is 5.10. The van der Waals surface area contributed by atoms with E-state index >= 15 is 0 Å². The minimum Gasteiger partial charge on any atom is -0.368 e. The molecule has 5 rings (SSSR count). The number of benzene rings is 2. The Morgan fingerprint density at radius 1 is 0.818 bits per heavy atom. The van der Waals surface area contributed by atoms with Crippen LogP contribution < -0.4 is 5.73 Å². The summed E-state index contributed by atoms with van der Waals surface area (Å²) in [5, 5.41) is 5.00. The molecule has 2 aromatic carbocycles. The Balaban J connectivity index is 1.93. The summed E-state index contributed by atoms with van der Waals surface area (Å²) in [5.41, 5.74) is 10.1. The highest BCUT2D eigenvalue weighted by molar-refractivity contribution is 6.06. The second-order valence-corrected chi connectivity index (χ2v) is 7.47. The van der Waals surface area contributed by atoms with E-state index in [-0.39, 0.29) is 18.2 Å². The Labute approximate surface area is 187 Å². The van der Waals surface area contributed by atoms with Crippen molar-refractivity contribution in [1.82, 2.24) is 19.7 Å². The summed E-state index contributed by atoms with van der Waals surface area (Å²) in [5.74, 6) is -1.30. The first-order valence-corrected chi connectivity index (χ1v) is 10.1. The average molecular weight is 441 g/mol. The van der Waals surface area contributed by atoms with E-state index in [0.717, 1.165) is 22.3 Å². The number of nitrogens with zero attached hydrogens (tertiary/aromatic N) is 4. The van der Waals surface area contributed by atoms with Crippen molar-refractivity contribution < 1.29 is 13.6 Å². The number of hydrogen-bond acceptors (Lipinski definition) is 4. The zero-order valence-electron chi connectivity index (χ0n) is 17.2. The second kappa shape index (κ2) is 8.23. The number of primary amides is 1. The molecule has 0 saturated heterocycles. The molecule has 0 aliphatic rings. The van der Waals surface area contributed by atoms with E-state index in [1.165, 1.54) is 28.9 Å². The number of rotatable bonds is 5. The quantitative estimate of drug-likeness (QED) is 0.432. The molecule has 0 fully saturated rings. The molecule has 3 aromatic heterocycles. The molecule has 0 bridgehead atoms. The maximum absolute atomic E-state index is 13.7. The molecule has 8 heteroatoms. The molecular weight excluding hydrogens is 424 g/mol. The molecule has 1 amide bonds. The lowest BCUT2D eigenvalue weighted by Gasteiger charge is -2.17. The van der Waals surface area contributed by atoms with Crippen molar-refractivity contribution in [3.8, 4) is 33.5 Å². The van der Waals surface area contributed by atoms with Crippen LogP contribution in [0.4, 0.5) is 8.78 Å². The first-order valence-electron chi connectivity index (χ1n) is 10.1. The van der Waals surface area contributed by atoms with Gasteiger partial charge in [0.1, 0.15) is 18.2 Å². The van der Waals surface area contributed by atoms with Crippen molar-refractivity contribution in [2.24, 2.45) is 5.73 Å². The Morgan fingerprint density at radius 3 is 2.00 bits per heavy atom. The molecule has 5 aromatic rings. The zero-order chi connectivity index (χ0) is 22.9. The van der Waals surface area contributed by atoms with Gasteiger partial charge in [0.2, 0.25) is 5.91 Å². The Bertz CT molecular complexity index is 1460. The molecular formula is C25H17F2N5O. The average Bonchev–Trinajstić information content (AvgIpc) is 3.21. The third-order valence-electron chi connectivity index (χ3n) is 5.31. The number of fused-ring (bicyclic) bond motifs is 1. The first kappa shape index (κ1) is 20.4. The van der Waals surface area contributed by atoms with Gasteiger partial charge in [-0.2, -0.15) is 5.10 Å². The Hall–Kier alpha value is -4.46. The fraction of sp³-hybridized carbons (Fsp3) is 0.0400. The van der Waals surface area contributed by atoms with Gasteiger partial charge in [-0.25, -0.2) is 18.4 Å². The van der Waals surface area contributed by atoms with Crippen LogP contribution in [-0.2, 0) is 11.3 Å². The van der Waals surface area contributed by atoms with Gasteiger partial charge < -0.3 is 5.73 Å². The fourth-order valence-corrected chi connectivity index (χ4v) is 3.88. The third-order valence-corrected chi connectivity index (χ3v) is 5.31. The monoisotopic (exact) mass is 441 g/mol. The minimum atomic E-state index is -0.563. The molecule has 33 heavy (non-hydrogen) atoms. The molecule has 0 radical (unpaired) electrons. The van der Waals surface area contributed by atoms with E-state index in [0.29, 0.717) is 22.3 Å². The van der Waals surface area contributed by atoms with Gasteiger partial charge in [0.15, 0.2) is 5.65 Å². The summed E-state index contributed by atoms with van der Waals surface area (Å²) in [6.45, 7) is -0.156. The number of hydrogen-bond donors (Lipinski definition) is 1. The molecule has 0 unspecified atom stereocenters. The number of aromatic nitrogens is 4. The van der Waals surface area contributed by atoms with E-state index < -0.39 is 5.91 Å². The number of carbonyl (C=O) groups is 1. The summed E-state index contributed by atoms with van der Waals surface area (Å²) in [6.07, 6.45) is 4.95. The number of pyridine rings is 2. The maximum Gasteiger partial charge on any atom is 0.239 e. The molecule has 0 spiro atoms. The highest BCUT2D eigenvalue weighted by atomic mass is 19.1. The van der Waals surface area contributed by atoms with Crippen LogP contribution in [0.25, 0.3) is 44.5 Å². The highest BCUT2D eigenvalue weighted by Gasteiger charge is 2.22. The predicted molar refractivity (Wildman–Crippen MR) is 121 cm³/mol. The summed E-state index contributed by atoms with van der Waals surface area (Å²) < 4.78 is 28.9. The van der Waals surface area contributed by atoms with E-state index in [1.54, 1.807) is 42.9 Å². The molecule has 0 atom stereocenters. The van der Waals surface area contributed by atoms with Crippen molar-refractivity contribution in [3.05, 3.63) is 90.9 Å². The van der Waals surface area contributed by atoms with Crippen LogP contribution in [0, 0.1) is 11.6 Å². The lowest BCUT2D eigenvalue weighted by Crippen LogP contribution is -2.19. The van der Waals surface area contributed by atoms with Gasteiger partial charge in [0.05, 0.1) is 11.9 Å². The number of amides is 1. The molecule has 2 N–H and O–H groups in total. The van der Waals surface area contributed by atoms with Crippen LogP contribution >= 0.6 is 0 Å². The van der Waals surface area contributed by atoms with Gasteiger partial charge in [-0.3, -0.25) is 9.78 Å². The normalized spacial score (nSPS) is 11.1. The van der Waals surface area contributed by atoms with Gasteiger partial charge >= 0.3 is 0 Å². The molecule has 0 saturated carbocycles. The molecule has 162 valence electrons. The summed E-state index contributed by atoms with van der Waals surface area (Å²) in [4.78, 5) is 20.6. The van der Waals surface area contributed by atoms with Crippen LogP contribution in [0.5, 0.6) is 0 Å². The van der Waals surface area contributed by atoms with Crippen molar-refractivity contribution >= 4 is 16.9 Å². The standard InChI is InChI=1S/C25H17F2N5O/c26-18-5-1-15(2-6-18)22-20-13-30-32(14-21(28)33)25(20)31-24(17-3-7-19(27)8-4-17)23(22)16-9-11-29-12-10-16/h1-13H,14H2,(H2,28,33). The fourth-order valence-electron chi connectivity index (χ4n) is 3.88. The lowest BCUT2D eigenvalue weighted by molar-refractivity contribution is -0.118. The molecule has 6 nitrogen and oxygen atoms in total. The summed E-state index contributed by atoms with van der Waals surface area (Å²) >= 11 is 0. The van der Waals surface area contributed by atoms with E-state index in [9.17, 15) is 13.6 Å². The number of nitrogens with two attached hydrogens (primary N) is 1. The Morgan fingerprint density at radius 2 is 1.39 bits per heavy atom. The van der Waals surface area contributed by atoms with Gasteiger partial charge in [-0.1, -0.05) is 12.1 Å². The number of carbonyl (C=O) groups excluding carboxylic acids is 1. The van der Waals surface area contributed by atoms with Crippen LogP contribution in [0.1, 0.15) is 0 Å². The third kappa shape index (κ3) is 3.82. The molecule has 0 aliphatic carbocycles. The smallest absolute Gasteiger partial charge is 0.239 e. The van der Waals surface area contributed by atoms with Gasteiger partial charge in [-0.15, -0.1) is 0 Å². The SMILES string of the molecule is NC(=O)Cn1ncc2c(-c3ccc(F)cc3)c(-c3ccncc3)c(-c3ccc(F)cc3)nc21. The largest absolute Gasteiger partial charge is 0.368 e. The van der Waals surface area contributed by atoms with E-state index in [1.807, 2.05) is 12.1 Å². The summed E-state index contributed by atoms with van der Waals surface area (Å²) in [7, 11) is 0. The summed E-state index contributed by atoms with van der Waals surface area (Å²) in [6, 6.07) is 15.8. The predicted octanol–water partition coefficient (Wildman–Crippen LogP) is 4.59. The van der Waals surface area contributed by atoms with Gasteiger partial charge in [0.25, 0.3) is 0 Å². The first-order chi connectivity index (χ1) is 16.0. The van der Waals surface area contributed by atoms with Gasteiger partial charge in [0, 0.05) is 34.5 Å². The van der Waals surface area contributed by atoms with Crippen LogP contribution in [0.3, 0.4) is 0 Å². The lowest BCUT2D eigenvalue weighted by atomic mass is 9.89. The van der Waals surface area contributed by atoms with E-state index in [4.69, 9.17) is 10.7 Å². The van der Waals surface area contributed by atoms with Crippen molar-refractivity contribution in [3.63, 3.8) is 0 Å². The second-order valence-electron chi connectivity index (χ2n) is 7.47. The van der Waals surface area contributed by atoms with Crippen molar-refractivity contribution in [2.45, 2.75) is 6.54 Å².